The monoisotopic (exact) mass is 223 g/mol. The Hall–Kier alpha value is 0. The maximum Gasteiger partial charge on any atom is -0.0388 e. The van der Waals surface area contributed by atoms with E-state index in [0.717, 1.165) is 18.3 Å². The van der Waals surface area contributed by atoms with Gasteiger partial charge in [-0.15, -0.1) is 0 Å². The molecule has 0 aromatic carbocycles. The first-order chi connectivity index (χ1) is 7.84. The quantitative estimate of drug-likeness (QED) is 0.570. The van der Waals surface area contributed by atoms with Crippen molar-refractivity contribution in [3.8, 4) is 0 Å². The highest BCUT2D eigenvalue weighted by molar-refractivity contribution is 4.68. The van der Waals surface area contributed by atoms with Crippen molar-refractivity contribution in [2.45, 2.75) is 84.0 Å². The molecule has 0 aromatic rings. The van der Waals surface area contributed by atoms with Gasteiger partial charge in [0.05, 0.1) is 0 Å². The molecule has 0 saturated heterocycles. The highest BCUT2D eigenvalue weighted by Gasteiger charge is 2.16. The van der Waals surface area contributed by atoms with Crippen molar-refractivity contribution in [1.82, 2.24) is 0 Å². The molecule has 95 valence electrons. The molecular weight excluding hydrogens is 192 g/mol. The molecule has 1 rings (SSSR count). The lowest BCUT2D eigenvalue weighted by atomic mass is 9.82. The molecule has 0 heterocycles. The van der Waals surface area contributed by atoms with Crippen molar-refractivity contribution < 1.29 is 0 Å². The van der Waals surface area contributed by atoms with Gasteiger partial charge in [-0.2, -0.15) is 0 Å². The Morgan fingerprint density at radius 2 is 1.31 bits per heavy atom. The Morgan fingerprint density at radius 1 is 0.875 bits per heavy atom. The van der Waals surface area contributed by atoms with Crippen LogP contribution >= 0.6 is 0 Å². The lowest BCUT2D eigenvalue weighted by Gasteiger charge is -2.23. The molecule has 1 radical (unpaired) electrons. The van der Waals surface area contributed by atoms with Crippen LogP contribution < -0.4 is 0 Å². The maximum absolute atomic E-state index is 4.01. The molecule has 0 aliphatic heterocycles. The van der Waals surface area contributed by atoms with Gasteiger partial charge in [0, 0.05) is 0 Å². The fraction of sp³-hybridized carbons (Fsp3) is 0.938. The fourth-order valence-corrected chi connectivity index (χ4v) is 3.14. The molecule has 0 aromatic heterocycles. The molecule has 0 amide bonds. The van der Waals surface area contributed by atoms with E-state index in [4.69, 9.17) is 0 Å². The summed E-state index contributed by atoms with van der Waals surface area (Å²) in [5, 5.41) is 0. The van der Waals surface area contributed by atoms with Crippen LogP contribution in [-0.4, -0.2) is 0 Å². The van der Waals surface area contributed by atoms with Crippen LogP contribution in [-0.2, 0) is 0 Å². The van der Waals surface area contributed by atoms with E-state index in [0.29, 0.717) is 0 Å². The Balaban J connectivity index is 2.32. The zero-order chi connectivity index (χ0) is 11.6. The zero-order valence-electron chi connectivity index (χ0n) is 11.3. The minimum atomic E-state index is 0.915. The van der Waals surface area contributed by atoms with Crippen molar-refractivity contribution in [3.63, 3.8) is 0 Å². The predicted molar refractivity (Wildman–Crippen MR) is 73.4 cm³/mol. The van der Waals surface area contributed by atoms with Crippen LogP contribution in [0.15, 0.2) is 0 Å². The molecule has 1 saturated carbocycles. The molecule has 0 bridgehead atoms. The molecule has 1 aliphatic rings. The third-order valence-electron chi connectivity index (χ3n) is 4.36. The van der Waals surface area contributed by atoms with E-state index < -0.39 is 0 Å². The van der Waals surface area contributed by atoms with E-state index in [2.05, 4.69) is 13.8 Å². The molecule has 1 aliphatic carbocycles. The minimum absolute atomic E-state index is 0.915. The van der Waals surface area contributed by atoms with Crippen LogP contribution in [0.3, 0.4) is 0 Å². The van der Waals surface area contributed by atoms with Crippen molar-refractivity contribution in [2.75, 3.05) is 0 Å². The van der Waals surface area contributed by atoms with Gasteiger partial charge in [0.25, 0.3) is 0 Å². The first-order valence-electron chi connectivity index (χ1n) is 7.64. The number of hydrogen-bond acceptors (Lipinski definition) is 0. The van der Waals surface area contributed by atoms with Crippen LogP contribution in [0.1, 0.15) is 84.0 Å². The molecule has 0 N–H and O–H groups in total. The molecule has 1 atom stereocenters. The highest BCUT2D eigenvalue weighted by Crippen LogP contribution is 2.29. The second kappa shape index (κ2) is 9.07. The van der Waals surface area contributed by atoms with Crippen molar-refractivity contribution in [2.24, 2.45) is 11.8 Å². The summed E-state index contributed by atoms with van der Waals surface area (Å²) < 4.78 is 0. The minimum Gasteiger partial charge on any atom is -0.0622 e. The summed E-state index contributed by atoms with van der Waals surface area (Å²) in [6, 6.07) is 0. The molecule has 0 heteroatoms. The largest absolute Gasteiger partial charge is 0.0622 e. The van der Waals surface area contributed by atoms with Gasteiger partial charge in [0.15, 0.2) is 0 Å². The lowest BCUT2D eigenvalue weighted by Crippen LogP contribution is -2.12. The number of rotatable bonds is 3. The second-order valence-corrected chi connectivity index (χ2v) is 5.79. The van der Waals surface area contributed by atoms with Crippen molar-refractivity contribution >= 4 is 0 Å². The van der Waals surface area contributed by atoms with Gasteiger partial charge in [-0.3, -0.25) is 0 Å². The van der Waals surface area contributed by atoms with Gasteiger partial charge in [-0.05, 0) is 11.8 Å². The Labute approximate surface area is 103 Å². The third-order valence-corrected chi connectivity index (χ3v) is 4.36. The van der Waals surface area contributed by atoms with Crippen LogP contribution in [0, 0.1) is 18.8 Å². The first-order valence-corrected chi connectivity index (χ1v) is 7.64. The van der Waals surface area contributed by atoms with E-state index in [1.54, 1.807) is 0 Å². The molecule has 1 fully saturated rings. The van der Waals surface area contributed by atoms with Gasteiger partial charge in [-0.1, -0.05) is 90.9 Å². The van der Waals surface area contributed by atoms with Gasteiger partial charge >= 0.3 is 0 Å². The smallest absolute Gasteiger partial charge is 0.0388 e. The summed E-state index contributed by atoms with van der Waals surface area (Å²) in [6.07, 6.45) is 17.3. The summed E-state index contributed by atoms with van der Waals surface area (Å²) in [6.45, 7) is 6.46. The standard InChI is InChI=1S/C16H31/c1-3-12-15(2)16-13-10-8-6-4-5-7-9-11-14-16/h15-16H,1,3-14H2,2H3. The SMILES string of the molecule is [CH2]CCC(C)C1CCCCCCCCCC1. The molecule has 0 nitrogen and oxygen atoms in total. The first kappa shape index (κ1) is 14.1. The summed E-state index contributed by atoms with van der Waals surface area (Å²) in [5.41, 5.74) is 0. The highest BCUT2D eigenvalue weighted by atomic mass is 14.2. The van der Waals surface area contributed by atoms with E-state index in [9.17, 15) is 0 Å². The summed E-state index contributed by atoms with van der Waals surface area (Å²) in [7, 11) is 0. The van der Waals surface area contributed by atoms with Crippen LogP contribution in [0.2, 0.25) is 0 Å². The predicted octanol–water partition coefficient (Wildman–Crippen LogP) is 5.77. The van der Waals surface area contributed by atoms with E-state index >= 15 is 0 Å². The van der Waals surface area contributed by atoms with Gasteiger partial charge < -0.3 is 0 Å². The summed E-state index contributed by atoms with van der Waals surface area (Å²) in [4.78, 5) is 0. The summed E-state index contributed by atoms with van der Waals surface area (Å²) in [5.74, 6) is 1.91. The van der Waals surface area contributed by atoms with Gasteiger partial charge in [0.2, 0.25) is 0 Å². The average Bonchev–Trinajstić information content (AvgIpc) is 2.34. The van der Waals surface area contributed by atoms with E-state index in [1.807, 2.05) is 0 Å². The lowest BCUT2D eigenvalue weighted by molar-refractivity contribution is 0.285. The van der Waals surface area contributed by atoms with E-state index in [1.165, 1.54) is 70.6 Å². The molecular formula is C16H31. The van der Waals surface area contributed by atoms with Gasteiger partial charge in [-0.25, -0.2) is 0 Å². The van der Waals surface area contributed by atoms with Crippen LogP contribution in [0.5, 0.6) is 0 Å². The summed E-state index contributed by atoms with van der Waals surface area (Å²) >= 11 is 0. The zero-order valence-corrected chi connectivity index (χ0v) is 11.3. The van der Waals surface area contributed by atoms with E-state index in [-0.39, 0.29) is 0 Å². The third kappa shape index (κ3) is 5.92. The Kier molecular flexibility index (Phi) is 7.98. The van der Waals surface area contributed by atoms with Crippen LogP contribution in [0.4, 0.5) is 0 Å². The van der Waals surface area contributed by atoms with Crippen molar-refractivity contribution in [3.05, 3.63) is 6.92 Å². The van der Waals surface area contributed by atoms with Crippen molar-refractivity contribution in [1.29, 1.82) is 0 Å². The normalized spacial score (nSPS) is 23.6. The Bertz CT molecular complexity index is 138. The average molecular weight is 223 g/mol. The second-order valence-electron chi connectivity index (χ2n) is 5.79. The van der Waals surface area contributed by atoms with Gasteiger partial charge in [0.1, 0.15) is 0 Å². The molecule has 1 unspecified atom stereocenters. The Morgan fingerprint density at radius 3 is 1.75 bits per heavy atom. The maximum atomic E-state index is 4.01. The van der Waals surface area contributed by atoms with Crippen LogP contribution in [0.25, 0.3) is 0 Å². The topological polar surface area (TPSA) is 0 Å². The molecule has 0 spiro atoms. The number of hydrogen-bond donors (Lipinski definition) is 0. The molecule has 16 heavy (non-hydrogen) atoms. The fourth-order valence-electron chi connectivity index (χ4n) is 3.14.